The van der Waals surface area contributed by atoms with Crippen molar-refractivity contribution in [1.82, 2.24) is 9.97 Å². The number of anilines is 1. The van der Waals surface area contributed by atoms with E-state index in [1.54, 1.807) is 17.5 Å². The second-order valence-electron chi connectivity index (χ2n) is 6.86. The third kappa shape index (κ3) is 3.98. The smallest absolute Gasteiger partial charge is 0.262 e. The number of amides is 1. The van der Waals surface area contributed by atoms with Gasteiger partial charge in [-0.25, -0.2) is 9.97 Å². The number of rotatable bonds is 5. The van der Waals surface area contributed by atoms with Gasteiger partial charge in [-0.2, -0.15) is 0 Å². The van der Waals surface area contributed by atoms with Crippen LogP contribution in [0.2, 0.25) is 0 Å². The van der Waals surface area contributed by atoms with Crippen LogP contribution in [-0.4, -0.2) is 22.5 Å². The molecule has 0 aliphatic rings. The largest absolute Gasteiger partial charge is 0.483 e. The van der Waals surface area contributed by atoms with Gasteiger partial charge in [-0.15, -0.1) is 0 Å². The van der Waals surface area contributed by atoms with Gasteiger partial charge in [-0.1, -0.05) is 35.6 Å². The summed E-state index contributed by atoms with van der Waals surface area (Å²) in [4.78, 5) is 22.4. The number of pyridine rings is 1. The van der Waals surface area contributed by atoms with Crippen molar-refractivity contribution in [2.24, 2.45) is 0 Å². The number of hydrogen-bond acceptors (Lipinski definition) is 5. The number of carbonyl (C=O) groups excluding carboxylic acids is 1. The number of nitrogens with one attached hydrogen (secondary N) is 1. The maximum Gasteiger partial charge on any atom is 0.262 e. The summed E-state index contributed by atoms with van der Waals surface area (Å²) in [7, 11) is 0. The van der Waals surface area contributed by atoms with Crippen LogP contribution in [0.4, 0.5) is 5.69 Å². The van der Waals surface area contributed by atoms with Gasteiger partial charge in [0.1, 0.15) is 21.1 Å². The highest BCUT2D eigenvalue weighted by molar-refractivity contribution is 7.21. The molecule has 0 saturated heterocycles. The van der Waals surface area contributed by atoms with Crippen LogP contribution in [0.25, 0.3) is 20.9 Å². The predicted molar refractivity (Wildman–Crippen MR) is 118 cm³/mol. The van der Waals surface area contributed by atoms with Crippen LogP contribution in [0.15, 0.2) is 54.7 Å². The molecule has 0 fully saturated rings. The van der Waals surface area contributed by atoms with E-state index in [1.807, 2.05) is 69.3 Å². The van der Waals surface area contributed by atoms with E-state index < -0.39 is 0 Å². The molecule has 1 N–H and O–H groups in total. The molecule has 5 nitrogen and oxygen atoms in total. The monoisotopic (exact) mass is 403 g/mol. The standard InChI is InChI=1S/C23H21N3O2S/c1-14-7-4-11-20(15(14)2)28-13-21(27)25-18-9-5-8-17(16(18)3)22-26-19-10-6-12-24-23(19)29-22/h4-12H,13H2,1-3H3,(H,25,27). The van der Waals surface area contributed by atoms with Gasteiger partial charge in [0.05, 0.1) is 0 Å². The number of fused-ring (bicyclic) bond motifs is 1. The molecule has 2 aromatic heterocycles. The molecule has 0 bridgehead atoms. The number of thiazole rings is 1. The molecular weight excluding hydrogens is 382 g/mol. The zero-order chi connectivity index (χ0) is 20.4. The molecule has 0 atom stereocenters. The summed E-state index contributed by atoms with van der Waals surface area (Å²) in [6.07, 6.45) is 1.77. The van der Waals surface area contributed by atoms with Crippen LogP contribution in [0, 0.1) is 20.8 Å². The first-order valence-electron chi connectivity index (χ1n) is 9.33. The van der Waals surface area contributed by atoms with Gasteiger partial charge in [0, 0.05) is 17.4 Å². The van der Waals surface area contributed by atoms with E-state index >= 15 is 0 Å². The van der Waals surface area contributed by atoms with Gasteiger partial charge in [-0.3, -0.25) is 4.79 Å². The molecule has 6 heteroatoms. The Hall–Kier alpha value is -3.25. The van der Waals surface area contributed by atoms with Crippen LogP contribution >= 0.6 is 11.3 Å². The van der Waals surface area contributed by atoms with Crippen molar-refractivity contribution in [2.75, 3.05) is 11.9 Å². The average molecular weight is 404 g/mol. The van der Waals surface area contributed by atoms with Crippen molar-refractivity contribution in [2.45, 2.75) is 20.8 Å². The van der Waals surface area contributed by atoms with Crippen molar-refractivity contribution < 1.29 is 9.53 Å². The van der Waals surface area contributed by atoms with E-state index in [9.17, 15) is 4.79 Å². The number of benzene rings is 2. The SMILES string of the molecule is Cc1cccc(OCC(=O)Nc2cccc(-c3nc4cccnc4s3)c2C)c1C. The van der Waals surface area contributed by atoms with E-state index in [0.29, 0.717) is 0 Å². The first-order valence-corrected chi connectivity index (χ1v) is 10.1. The molecule has 0 radical (unpaired) electrons. The zero-order valence-corrected chi connectivity index (χ0v) is 17.3. The normalized spacial score (nSPS) is 10.9. The van der Waals surface area contributed by atoms with Crippen molar-refractivity contribution in [3.05, 3.63) is 71.4 Å². The van der Waals surface area contributed by atoms with E-state index in [-0.39, 0.29) is 12.5 Å². The minimum atomic E-state index is -0.197. The summed E-state index contributed by atoms with van der Waals surface area (Å²) in [5.41, 5.74) is 5.76. The Labute approximate surface area is 173 Å². The molecule has 2 heterocycles. The Morgan fingerprint density at radius 3 is 2.69 bits per heavy atom. The lowest BCUT2D eigenvalue weighted by Gasteiger charge is -2.13. The summed E-state index contributed by atoms with van der Waals surface area (Å²) >= 11 is 1.54. The molecule has 146 valence electrons. The molecule has 0 spiro atoms. The topological polar surface area (TPSA) is 64.1 Å². The fraction of sp³-hybridized carbons (Fsp3) is 0.174. The van der Waals surface area contributed by atoms with Gasteiger partial charge in [0.2, 0.25) is 0 Å². The lowest BCUT2D eigenvalue weighted by atomic mass is 10.1. The Kier molecular flexibility index (Phi) is 5.27. The van der Waals surface area contributed by atoms with Gasteiger partial charge < -0.3 is 10.1 Å². The molecule has 29 heavy (non-hydrogen) atoms. The molecule has 4 rings (SSSR count). The molecule has 2 aromatic carbocycles. The van der Waals surface area contributed by atoms with Crippen molar-refractivity contribution in [1.29, 1.82) is 0 Å². The number of ether oxygens (including phenoxy) is 1. The minimum absolute atomic E-state index is 0.0426. The summed E-state index contributed by atoms with van der Waals surface area (Å²) in [6.45, 7) is 5.95. The highest BCUT2D eigenvalue weighted by atomic mass is 32.1. The number of aromatic nitrogens is 2. The second kappa shape index (κ2) is 8.01. The molecule has 0 unspecified atom stereocenters. The molecule has 4 aromatic rings. The van der Waals surface area contributed by atoms with Crippen LogP contribution in [0.3, 0.4) is 0 Å². The maximum atomic E-state index is 12.5. The highest BCUT2D eigenvalue weighted by Gasteiger charge is 2.13. The molecular formula is C23H21N3O2S. The van der Waals surface area contributed by atoms with Crippen molar-refractivity contribution in [3.8, 4) is 16.3 Å². The maximum absolute atomic E-state index is 12.5. The fourth-order valence-electron chi connectivity index (χ4n) is 3.10. The Balaban J connectivity index is 1.51. The Morgan fingerprint density at radius 1 is 1.03 bits per heavy atom. The summed E-state index contributed by atoms with van der Waals surface area (Å²) < 4.78 is 5.72. The number of hydrogen-bond donors (Lipinski definition) is 1. The summed E-state index contributed by atoms with van der Waals surface area (Å²) in [5, 5.41) is 3.84. The third-order valence-electron chi connectivity index (χ3n) is 4.92. The van der Waals surface area contributed by atoms with E-state index in [4.69, 9.17) is 4.74 Å². The highest BCUT2D eigenvalue weighted by Crippen LogP contribution is 2.33. The van der Waals surface area contributed by atoms with Crippen LogP contribution in [-0.2, 0) is 4.79 Å². The van der Waals surface area contributed by atoms with Crippen molar-refractivity contribution in [3.63, 3.8) is 0 Å². The molecule has 0 saturated carbocycles. The van der Waals surface area contributed by atoms with Gasteiger partial charge in [-0.05, 0) is 61.7 Å². The first kappa shape index (κ1) is 19.1. The van der Waals surface area contributed by atoms with E-state index in [0.717, 1.165) is 49.0 Å². The second-order valence-corrected chi connectivity index (χ2v) is 7.84. The predicted octanol–water partition coefficient (Wildman–Crippen LogP) is 5.30. The first-order chi connectivity index (χ1) is 14.0. The van der Waals surface area contributed by atoms with Crippen molar-refractivity contribution >= 4 is 33.3 Å². The number of carbonyl (C=O) groups is 1. The fourth-order valence-corrected chi connectivity index (χ4v) is 4.09. The lowest BCUT2D eigenvalue weighted by Crippen LogP contribution is -2.21. The van der Waals surface area contributed by atoms with Gasteiger partial charge in [0.25, 0.3) is 5.91 Å². The molecule has 1 amide bonds. The summed E-state index contributed by atoms with van der Waals surface area (Å²) in [5.74, 6) is 0.532. The van der Waals surface area contributed by atoms with Crippen LogP contribution < -0.4 is 10.1 Å². The third-order valence-corrected chi connectivity index (χ3v) is 5.93. The van der Waals surface area contributed by atoms with Gasteiger partial charge >= 0.3 is 0 Å². The number of aryl methyl sites for hydroxylation is 1. The van der Waals surface area contributed by atoms with E-state index in [2.05, 4.69) is 15.3 Å². The molecule has 0 aliphatic carbocycles. The quantitative estimate of drug-likeness (QED) is 0.491. The van der Waals surface area contributed by atoms with Gasteiger partial charge in [0.15, 0.2) is 6.61 Å². The van der Waals surface area contributed by atoms with E-state index in [1.165, 1.54) is 0 Å². The van der Waals surface area contributed by atoms with Crippen LogP contribution in [0.1, 0.15) is 16.7 Å². The zero-order valence-electron chi connectivity index (χ0n) is 16.5. The summed E-state index contributed by atoms with van der Waals surface area (Å²) in [6, 6.07) is 15.5. The Bertz CT molecular complexity index is 1170. The minimum Gasteiger partial charge on any atom is -0.483 e. The van der Waals surface area contributed by atoms with Crippen LogP contribution in [0.5, 0.6) is 5.75 Å². The molecule has 0 aliphatic heterocycles. The lowest BCUT2D eigenvalue weighted by molar-refractivity contribution is -0.118. The Morgan fingerprint density at radius 2 is 1.86 bits per heavy atom. The average Bonchev–Trinajstić information content (AvgIpc) is 3.14. The number of nitrogens with zero attached hydrogens (tertiary/aromatic N) is 2.